The third-order valence-electron chi connectivity index (χ3n) is 5.36. The highest BCUT2D eigenvalue weighted by Crippen LogP contribution is 2.61. The van der Waals surface area contributed by atoms with E-state index in [2.05, 4.69) is 0 Å². The number of hydrogen-bond donors (Lipinski definition) is 2. The summed E-state index contributed by atoms with van der Waals surface area (Å²) in [5.41, 5.74) is 0. The SMILES string of the molecule is CCOc1c(O)c(OCC)c(OCC)c(S(=O)(=O)c2c(OCC)c(OCC)c(O)c(OCC)c2OCC)c1OCC. The summed E-state index contributed by atoms with van der Waals surface area (Å²) in [7, 11) is -4.79. The lowest BCUT2D eigenvalue weighted by atomic mass is 10.2. The van der Waals surface area contributed by atoms with Gasteiger partial charge in [0, 0.05) is 0 Å². The van der Waals surface area contributed by atoms with E-state index in [1.54, 1.807) is 55.4 Å². The first kappa shape index (κ1) is 33.6. The van der Waals surface area contributed by atoms with Crippen molar-refractivity contribution < 1.29 is 56.5 Å². The van der Waals surface area contributed by atoms with E-state index in [9.17, 15) is 18.6 Å². The molecular weight excluding hydrogens is 560 g/mol. The van der Waals surface area contributed by atoms with Crippen molar-refractivity contribution in [2.75, 3.05) is 52.9 Å². The minimum absolute atomic E-state index is 0.0161. The summed E-state index contributed by atoms with van der Waals surface area (Å²) in [6, 6.07) is 0. The summed E-state index contributed by atoms with van der Waals surface area (Å²) >= 11 is 0. The van der Waals surface area contributed by atoms with Crippen LogP contribution in [0.3, 0.4) is 0 Å². The second-order valence-corrected chi connectivity index (χ2v) is 9.78. The summed E-state index contributed by atoms with van der Waals surface area (Å²) in [6.07, 6.45) is 0. The first-order chi connectivity index (χ1) is 19.7. The van der Waals surface area contributed by atoms with E-state index in [0.717, 1.165) is 0 Å². The molecule has 0 aliphatic rings. The third-order valence-corrected chi connectivity index (χ3v) is 7.17. The van der Waals surface area contributed by atoms with Crippen molar-refractivity contribution in [1.29, 1.82) is 0 Å². The topological polar surface area (TPSA) is 148 Å². The number of aromatic hydroxyl groups is 2. The number of sulfone groups is 1. The van der Waals surface area contributed by atoms with Crippen molar-refractivity contribution in [3.8, 4) is 57.5 Å². The molecule has 0 saturated heterocycles. The van der Waals surface area contributed by atoms with Crippen LogP contribution in [0.5, 0.6) is 57.5 Å². The maximum Gasteiger partial charge on any atom is 0.221 e. The van der Waals surface area contributed by atoms with Gasteiger partial charge < -0.3 is 48.1 Å². The maximum atomic E-state index is 15.0. The van der Waals surface area contributed by atoms with Crippen molar-refractivity contribution in [3.05, 3.63) is 0 Å². The Morgan fingerprint density at radius 1 is 0.390 bits per heavy atom. The molecule has 0 fully saturated rings. The molecule has 41 heavy (non-hydrogen) atoms. The Labute approximate surface area is 241 Å². The highest BCUT2D eigenvalue weighted by Gasteiger charge is 2.43. The van der Waals surface area contributed by atoms with E-state index in [4.69, 9.17) is 37.9 Å². The Balaban J connectivity index is 3.33. The van der Waals surface area contributed by atoms with Crippen molar-refractivity contribution in [2.45, 2.75) is 65.2 Å². The van der Waals surface area contributed by atoms with Gasteiger partial charge in [0.2, 0.25) is 44.3 Å². The number of phenolic OH excluding ortho intramolecular Hbond substituents is 2. The second-order valence-electron chi connectivity index (χ2n) is 7.96. The van der Waals surface area contributed by atoms with Crippen molar-refractivity contribution >= 4 is 9.84 Å². The number of benzene rings is 2. The van der Waals surface area contributed by atoms with Crippen LogP contribution in [0.25, 0.3) is 0 Å². The van der Waals surface area contributed by atoms with Crippen LogP contribution in [0.1, 0.15) is 55.4 Å². The number of hydrogen-bond acceptors (Lipinski definition) is 12. The summed E-state index contributed by atoms with van der Waals surface area (Å²) < 4.78 is 75.9. The van der Waals surface area contributed by atoms with Crippen molar-refractivity contribution in [1.82, 2.24) is 0 Å². The number of rotatable bonds is 18. The van der Waals surface area contributed by atoms with Crippen LogP contribution in [0.2, 0.25) is 0 Å². The summed E-state index contributed by atoms with van der Waals surface area (Å²) in [6.45, 7) is 13.6. The molecular formula is C28H42O12S. The van der Waals surface area contributed by atoms with Crippen LogP contribution in [0.4, 0.5) is 0 Å². The van der Waals surface area contributed by atoms with E-state index in [-0.39, 0.29) is 98.9 Å². The van der Waals surface area contributed by atoms with Gasteiger partial charge >= 0.3 is 0 Å². The van der Waals surface area contributed by atoms with E-state index in [0.29, 0.717) is 0 Å². The number of ether oxygens (including phenoxy) is 8. The molecule has 0 amide bonds. The zero-order chi connectivity index (χ0) is 30.7. The minimum atomic E-state index is -4.79. The van der Waals surface area contributed by atoms with Gasteiger partial charge in [-0.1, -0.05) is 0 Å². The lowest BCUT2D eigenvalue weighted by Crippen LogP contribution is -2.16. The monoisotopic (exact) mass is 602 g/mol. The molecule has 13 heteroatoms. The Kier molecular flexibility index (Phi) is 12.6. The fourth-order valence-corrected chi connectivity index (χ4v) is 5.85. The first-order valence-electron chi connectivity index (χ1n) is 13.8. The normalized spacial score (nSPS) is 11.1. The largest absolute Gasteiger partial charge is 0.501 e. The summed E-state index contributed by atoms with van der Waals surface area (Å²) in [5.74, 6) is -3.14. The average Bonchev–Trinajstić information content (AvgIpc) is 2.93. The molecule has 0 aliphatic heterocycles. The molecule has 0 spiro atoms. The first-order valence-corrected chi connectivity index (χ1v) is 15.3. The highest BCUT2D eigenvalue weighted by atomic mass is 32.2. The smallest absolute Gasteiger partial charge is 0.221 e. The number of phenols is 2. The summed E-state index contributed by atoms with van der Waals surface area (Å²) in [5, 5.41) is 22.3. The fraction of sp³-hybridized carbons (Fsp3) is 0.571. The molecule has 0 atom stereocenters. The van der Waals surface area contributed by atoms with E-state index < -0.39 is 31.1 Å². The zero-order valence-corrected chi connectivity index (χ0v) is 25.9. The quantitative estimate of drug-likeness (QED) is 0.233. The molecule has 0 aromatic heterocycles. The Morgan fingerprint density at radius 3 is 0.732 bits per heavy atom. The molecule has 2 rings (SSSR count). The molecule has 2 N–H and O–H groups in total. The van der Waals surface area contributed by atoms with Crippen LogP contribution >= 0.6 is 0 Å². The summed E-state index contributed by atoms with van der Waals surface area (Å²) in [4.78, 5) is -0.994. The molecule has 2 aromatic rings. The van der Waals surface area contributed by atoms with Gasteiger partial charge in [-0.3, -0.25) is 0 Å². The molecule has 0 saturated carbocycles. The van der Waals surface area contributed by atoms with Gasteiger partial charge in [-0.15, -0.1) is 0 Å². The lowest BCUT2D eigenvalue weighted by Gasteiger charge is -2.26. The zero-order valence-electron chi connectivity index (χ0n) is 25.0. The van der Waals surface area contributed by atoms with Crippen molar-refractivity contribution in [3.63, 3.8) is 0 Å². The molecule has 232 valence electrons. The van der Waals surface area contributed by atoms with Crippen LogP contribution < -0.4 is 37.9 Å². The molecule has 0 aliphatic carbocycles. The van der Waals surface area contributed by atoms with Gasteiger partial charge in [0.05, 0.1) is 52.9 Å². The maximum absolute atomic E-state index is 15.0. The van der Waals surface area contributed by atoms with Crippen LogP contribution in [0.15, 0.2) is 9.79 Å². The predicted molar refractivity (Wildman–Crippen MR) is 151 cm³/mol. The van der Waals surface area contributed by atoms with E-state index >= 15 is 0 Å². The van der Waals surface area contributed by atoms with Gasteiger partial charge in [0.15, 0.2) is 32.8 Å². The second kappa shape index (κ2) is 15.4. The van der Waals surface area contributed by atoms with Crippen LogP contribution in [-0.4, -0.2) is 71.5 Å². The average molecular weight is 603 g/mol. The molecule has 2 aromatic carbocycles. The van der Waals surface area contributed by atoms with Gasteiger partial charge in [-0.05, 0) is 55.4 Å². The Hall–Kier alpha value is -3.61. The van der Waals surface area contributed by atoms with Gasteiger partial charge in [-0.2, -0.15) is 0 Å². The predicted octanol–water partition coefficient (Wildman–Crippen LogP) is 5.12. The van der Waals surface area contributed by atoms with Gasteiger partial charge in [0.1, 0.15) is 0 Å². The van der Waals surface area contributed by atoms with E-state index in [1.165, 1.54) is 0 Å². The van der Waals surface area contributed by atoms with Crippen LogP contribution in [-0.2, 0) is 9.84 Å². The van der Waals surface area contributed by atoms with Gasteiger partial charge in [-0.25, -0.2) is 8.42 Å². The fourth-order valence-electron chi connectivity index (χ4n) is 4.06. The molecule has 0 radical (unpaired) electrons. The Morgan fingerprint density at radius 2 is 0.561 bits per heavy atom. The molecule has 0 heterocycles. The Bertz CT molecular complexity index is 1110. The van der Waals surface area contributed by atoms with Crippen molar-refractivity contribution in [2.24, 2.45) is 0 Å². The van der Waals surface area contributed by atoms with E-state index in [1.807, 2.05) is 0 Å². The molecule has 12 nitrogen and oxygen atoms in total. The standard InChI is InChI=1S/C28H42O12S/c1-9-33-19-17(29)20(34-10-2)24(38-14-6)27(23(19)37-13-5)41(31,32)28-25(39-15-7)21(35-11-3)18(30)22(36-12-4)26(28)40-16-8/h29-30H,9-16H2,1-8H3. The van der Waals surface area contributed by atoms with Gasteiger partial charge in [0.25, 0.3) is 0 Å². The van der Waals surface area contributed by atoms with Crippen LogP contribution in [0, 0.1) is 0 Å². The third kappa shape index (κ3) is 6.66. The lowest BCUT2D eigenvalue weighted by molar-refractivity contribution is 0.234. The molecule has 0 unspecified atom stereocenters. The highest BCUT2D eigenvalue weighted by molar-refractivity contribution is 7.92. The minimum Gasteiger partial charge on any atom is -0.501 e. The molecule has 0 bridgehead atoms.